The maximum absolute atomic E-state index is 9.61. The first-order valence-electron chi connectivity index (χ1n) is 8.08. The summed E-state index contributed by atoms with van der Waals surface area (Å²) in [6, 6.07) is 3.81. The van der Waals surface area contributed by atoms with Gasteiger partial charge in [0.05, 0.1) is 6.07 Å². The molecule has 1 N–H and O–H groups in total. The van der Waals surface area contributed by atoms with Crippen molar-refractivity contribution >= 4 is 0 Å². The lowest BCUT2D eigenvalue weighted by Gasteiger charge is -2.47. The predicted molar refractivity (Wildman–Crippen MR) is 80.4 cm³/mol. The van der Waals surface area contributed by atoms with E-state index in [1.807, 2.05) is 0 Å². The smallest absolute Gasteiger partial charge is 0.108 e. The molecule has 4 nitrogen and oxygen atoms in total. The zero-order valence-electron chi connectivity index (χ0n) is 13.2. The van der Waals surface area contributed by atoms with Crippen LogP contribution in [0, 0.1) is 11.3 Å². The molecule has 112 valence electrons. The van der Waals surface area contributed by atoms with Crippen molar-refractivity contribution in [2.75, 3.05) is 26.7 Å². The van der Waals surface area contributed by atoms with Gasteiger partial charge in [0.2, 0.25) is 0 Å². The van der Waals surface area contributed by atoms with E-state index in [0.717, 1.165) is 32.5 Å². The average molecular weight is 276 g/mol. The van der Waals surface area contributed by atoms with Gasteiger partial charge in [0.15, 0.2) is 0 Å². The molecule has 0 amide bonds. The second-order valence-corrected chi connectivity index (χ2v) is 7.71. The minimum Gasteiger partial charge on any atom is -0.299 e. The summed E-state index contributed by atoms with van der Waals surface area (Å²) < 4.78 is 0. The lowest BCUT2D eigenvalue weighted by Crippen LogP contribution is -2.59. The SMILES string of the molecule is CN1CCN(C2CCC(C#N)(NC3CC3)C2)CC1(C)C. The summed E-state index contributed by atoms with van der Waals surface area (Å²) in [6.45, 7) is 8.07. The minimum absolute atomic E-state index is 0.237. The molecule has 20 heavy (non-hydrogen) atoms. The molecule has 0 aromatic rings. The average Bonchev–Trinajstić information content (AvgIpc) is 3.10. The normalized spacial score (nSPS) is 38.8. The van der Waals surface area contributed by atoms with Crippen molar-refractivity contribution in [2.24, 2.45) is 0 Å². The second-order valence-electron chi connectivity index (χ2n) is 7.71. The Bertz CT molecular complexity index is 409. The number of rotatable bonds is 3. The molecule has 4 heteroatoms. The van der Waals surface area contributed by atoms with Gasteiger partial charge in [-0.3, -0.25) is 15.1 Å². The maximum atomic E-state index is 9.61. The molecule has 0 aromatic heterocycles. The first-order chi connectivity index (χ1) is 9.44. The van der Waals surface area contributed by atoms with E-state index in [4.69, 9.17) is 0 Å². The Morgan fingerprint density at radius 1 is 1.20 bits per heavy atom. The predicted octanol–water partition coefficient (Wildman–Crippen LogP) is 1.58. The van der Waals surface area contributed by atoms with E-state index in [0.29, 0.717) is 12.1 Å². The quantitative estimate of drug-likeness (QED) is 0.850. The van der Waals surface area contributed by atoms with Gasteiger partial charge < -0.3 is 0 Å². The van der Waals surface area contributed by atoms with Gasteiger partial charge in [0, 0.05) is 37.3 Å². The fraction of sp³-hybridized carbons (Fsp3) is 0.938. The van der Waals surface area contributed by atoms with E-state index in [9.17, 15) is 5.26 Å². The molecule has 2 unspecified atom stereocenters. The van der Waals surface area contributed by atoms with Gasteiger partial charge in [0.25, 0.3) is 0 Å². The fourth-order valence-electron chi connectivity index (χ4n) is 3.80. The highest BCUT2D eigenvalue weighted by Crippen LogP contribution is 2.37. The number of nitrogens with one attached hydrogen (secondary N) is 1. The van der Waals surface area contributed by atoms with Crippen LogP contribution in [-0.2, 0) is 0 Å². The number of likely N-dealkylation sites (N-methyl/N-ethyl adjacent to an activating group) is 1. The lowest BCUT2D eigenvalue weighted by atomic mass is 9.96. The van der Waals surface area contributed by atoms with Crippen molar-refractivity contribution in [1.29, 1.82) is 5.26 Å². The summed E-state index contributed by atoms with van der Waals surface area (Å²) in [5, 5.41) is 13.2. The van der Waals surface area contributed by atoms with Gasteiger partial charge in [-0.25, -0.2) is 0 Å². The van der Waals surface area contributed by atoms with E-state index >= 15 is 0 Å². The van der Waals surface area contributed by atoms with Crippen LogP contribution in [-0.4, -0.2) is 59.6 Å². The van der Waals surface area contributed by atoms with E-state index in [1.54, 1.807) is 0 Å². The maximum Gasteiger partial charge on any atom is 0.108 e. The standard InChI is InChI=1S/C16H28N4/c1-15(2)12-20(9-8-19(15)3)14-6-7-16(10-14,11-17)18-13-4-5-13/h13-14,18H,4-10,12H2,1-3H3. The summed E-state index contributed by atoms with van der Waals surface area (Å²) in [4.78, 5) is 5.09. The summed E-state index contributed by atoms with van der Waals surface area (Å²) in [5.74, 6) is 0. The first-order valence-corrected chi connectivity index (χ1v) is 8.08. The summed E-state index contributed by atoms with van der Waals surface area (Å²) in [7, 11) is 2.22. The van der Waals surface area contributed by atoms with Gasteiger partial charge >= 0.3 is 0 Å². The van der Waals surface area contributed by atoms with Gasteiger partial charge in [0.1, 0.15) is 5.54 Å². The molecule has 0 spiro atoms. The van der Waals surface area contributed by atoms with E-state index < -0.39 is 0 Å². The third kappa shape index (κ3) is 2.72. The highest BCUT2D eigenvalue weighted by molar-refractivity contribution is 5.16. The van der Waals surface area contributed by atoms with Gasteiger partial charge in [-0.15, -0.1) is 0 Å². The van der Waals surface area contributed by atoms with Crippen LogP contribution >= 0.6 is 0 Å². The Balaban J connectivity index is 1.63. The van der Waals surface area contributed by atoms with Crippen molar-refractivity contribution in [3.05, 3.63) is 0 Å². The summed E-state index contributed by atoms with van der Waals surface area (Å²) in [5.41, 5.74) is 0.0133. The van der Waals surface area contributed by atoms with Crippen molar-refractivity contribution in [3.63, 3.8) is 0 Å². The lowest BCUT2D eigenvalue weighted by molar-refractivity contribution is 0.0170. The van der Waals surface area contributed by atoms with Crippen LogP contribution < -0.4 is 5.32 Å². The van der Waals surface area contributed by atoms with E-state index in [2.05, 4.69) is 42.1 Å². The number of nitriles is 1. The zero-order valence-corrected chi connectivity index (χ0v) is 13.2. The first kappa shape index (κ1) is 14.3. The molecule has 2 aliphatic carbocycles. The van der Waals surface area contributed by atoms with Crippen LogP contribution in [0.15, 0.2) is 0 Å². The van der Waals surface area contributed by atoms with Crippen LogP contribution in [0.3, 0.4) is 0 Å². The van der Waals surface area contributed by atoms with Gasteiger partial charge in [-0.1, -0.05) is 0 Å². The Morgan fingerprint density at radius 2 is 1.95 bits per heavy atom. The van der Waals surface area contributed by atoms with Crippen LogP contribution in [0.4, 0.5) is 0 Å². The molecule has 1 heterocycles. The molecular weight excluding hydrogens is 248 g/mol. The number of hydrogen-bond acceptors (Lipinski definition) is 4. The van der Waals surface area contributed by atoms with Crippen molar-refractivity contribution in [2.45, 2.75) is 69.1 Å². The van der Waals surface area contributed by atoms with Crippen LogP contribution in [0.25, 0.3) is 0 Å². The molecule has 2 saturated carbocycles. The molecule has 2 atom stereocenters. The Hall–Kier alpha value is -0.630. The topological polar surface area (TPSA) is 42.3 Å². The molecule has 3 aliphatic rings. The van der Waals surface area contributed by atoms with E-state index in [1.165, 1.54) is 19.3 Å². The third-order valence-electron chi connectivity index (χ3n) is 5.62. The Kier molecular flexibility index (Phi) is 3.56. The monoisotopic (exact) mass is 276 g/mol. The molecule has 3 fully saturated rings. The number of nitrogens with zero attached hydrogens (tertiary/aromatic N) is 3. The second kappa shape index (κ2) is 4.98. The van der Waals surface area contributed by atoms with Crippen LogP contribution in [0.2, 0.25) is 0 Å². The zero-order chi connectivity index (χ0) is 14.4. The molecule has 3 rings (SSSR count). The Morgan fingerprint density at radius 3 is 2.55 bits per heavy atom. The molecule has 0 aromatic carbocycles. The summed E-state index contributed by atoms with van der Waals surface area (Å²) >= 11 is 0. The van der Waals surface area contributed by atoms with E-state index in [-0.39, 0.29) is 11.1 Å². The van der Waals surface area contributed by atoms with Crippen molar-refractivity contribution in [3.8, 4) is 6.07 Å². The number of hydrogen-bond donors (Lipinski definition) is 1. The minimum atomic E-state index is -0.237. The van der Waals surface area contributed by atoms with Crippen LogP contribution in [0.5, 0.6) is 0 Å². The van der Waals surface area contributed by atoms with Gasteiger partial charge in [-0.05, 0) is 53.0 Å². The fourth-order valence-corrected chi connectivity index (χ4v) is 3.80. The van der Waals surface area contributed by atoms with Gasteiger partial charge in [-0.2, -0.15) is 5.26 Å². The largest absolute Gasteiger partial charge is 0.299 e. The highest BCUT2D eigenvalue weighted by atomic mass is 15.3. The Labute approximate surface area is 123 Å². The van der Waals surface area contributed by atoms with Crippen molar-refractivity contribution in [1.82, 2.24) is 15.1 Å². The molecule has 0 radical (unpaired) electrons. The summed E-state index contributed by atoms with van der Waals surface area (Å²) in [6.07, 6.45) is 5.73. The molecular formula is C16H28N4. The number of piperazine rings is 1. The molecule has 1 saturated heterocycles. The van der Waals surface area contributed by atoms with Crippen molar-refractivity contribution < 1.29 is 0 Å². The highest BCUT2D eigenvalue weighted by Gasteiger charge is 2.46. The molecule has 0 bridgehead atoms. The third-order valence-corrected chi connectivity index (χ3v) is 5.62. The van der Waals surface area contributed by atoms with Crippen LogP contribution in [0.1, 0.15) is 46.0 Å². The molecule has 1 aliphatic heterocycles.